The van der Waals surface area contributed by atoms with Gasteiger partial charge in [0.1, 0.15) is 0 Å². The highest BCUT2D eigenvalue weighted by atomic mass is 16.6. The van der Waals surface area contributed by atoms with Crippen molar-refractivity contribution in [1.29, 1.82) is 0 Å². The van der Waals surface area contributed by atoms with Gasteiger partial charge < -0.3 is 4.84 Å². The van der Waals surface area contributed by atoms with Crippen molar-refractivity contribution < 1.29 is 4.84 Å². The zero-order valence-electron chi connectivity index (χ0n) is 5.97. The lowest BCUT2D eigenvalue weighted by Gasteiger charge is -2.05. The van der Waals surface area contributed by atoms with Crippen molar-refractivity contribution in [2.24, 2.45) is 11.8 Å². The van der Waals surface area contributed by atoms with Crippen molar-refractivity contribution in [3.63, 3.8) is 0 Å². The molecule has 2 atom stereocenters. The van der Waals surface area contributed by atoms with E-state index in [2.05, 4.69) is 6.92 Å². The molecule has 1 aliphatic rings. The van der Waals surface area contributed by atoms with Crippen LogP contribution < -0.4 is 5.90 Å². The zero-order chi connectivity index (χ0) is 6.69. The third-order valence-electron chi connectivity index (χ3n) is 2.26. The van der Waals surface area contributed by atoms with Crippen LogP contribution in [-0.2, 0) is 4.84 Å². The van der Waals surface area contributed by atoms with Crippen LogP contribution in [0.4, 0.5) is 0 Å². The molecular formula is C7H15NO. The minimum absolute atomic E-state index is 0.356. The molecule has 0 aliphatic heterocycles. The summed E-state index contributed by atoms with van der Waals surface area (Å²) >= 11 is 0. The van der Waals surface area contributed by atoms with E-state index in [-0.39, 0.29) is 0 Å². The summed E-state index contributed by atoms with van der Waals surface area (Å²) in [7, 11) is 0. The summed E-state index contributed by atoms with van der Waals surface area (Å²) < 4.78 is 0. The lowest BCUT2D eigenvalue weighted by atomic mass is 10.1. The normalized spacial score (nSPS) is 35.3. The molecule has 0 bridgehead atoms. The highest BCUT2D eigenvalue weighted by Gasteiger charge is 2.22. The molecule has 2 N–H and O–H groups in total. The van der Waals surface area contributed by atoms with Crippen LogP contribution in [0.15, 0.2) is 0 Å². The second-order valence-electron chi connectivity index (χ2n) is 2.85. The summed E-state index contributed by atoms with van der Waals surface area (Å²) in [6.07, 6.45) is 5.27. The summed E-state index contributed by atoms with van der Waals surface area (Å²) in [6, 6.07) is 0. The first-order valence-corrected chi connectivity index (χ1v) is 3.72. The van der Waals surface area contributed by atoms with Crippen molar-refractivity contribution in [3.8, 4) is 0 Å². The van der Waals surface area contributed by atoms with Crippen LogP contribution in [0.3, 0.4) is 0 Å². The molecule has 1 saturated carbocycles. The average Bonchev–Trinajstić information content (AvgIpc) is 2.34. The van der Waals surface area contributed by atoms with Gasteiger partial charge in [-0.1, -0.05) is 13.3 Å². The van der Waals surface area contributed by atoms with Crippen LogP contribution in [0.1, 0.15) is 32.6 Å². The number of rotatable bonds is 2. The van der Waals surface area contributed by atoms with E-state index >= 15 is 0 Å². The number of hydrogen-bond donors (Lipinski definition) is 1. The van der Waals surface area contributed by atoms with Gasteiger partial charge in [0.25, 0.3) is 0 Å². The highest BCUT2D eigenvalue weighted by molar-refractivity contribution is 4.73. The molecule has 0 spiro atoms. The Hall–Kier alpha value is -0.0800. The van der Waals surface area contributed by atoms with Gasteiger partial charge in [0.05, 0.1) is 6.10 Å². The maximum atomic E-state index is 5.05. The van der Waals surface area contributed by atoms with E-state index in [9.17, 15) is 0 Å². The van der Waals surface area contributed by atoms with E-state index in [0.29, 0.717) is 6.10 Å². The topological polar surface area (TPSA) is 35.2 Å². The average molecular weight is 129 g/mol. The molecule has 1 fully saturated rings. The first-order valence-electron chi connectivity index (χ1n) is 3.72. The molecule has 9 heavy (non-hydrogen) atoms. The maximum absolute atomic E-state index is 5.05. The van der Waals surface area contributed by atoms with Gasteiger partial charge in [-0.2, -0.15) is 0 Å². The molecule has 0 amide bonds. The Morgan fingerprint density at radius 1 is 1.56 bits per heavy atom. The van der Waals surface area contributed by atoms with Crippen LogP contribution in [0.25, 0.3) is 0 Å². The number of nitrogens with two attached hydrogens (primary N) is 1. The molecule has 2 heteroatoms. The fourth-order valence-electron chi connectivity index (χ4n) is 1.52. The molecule has 1 aliphatic carbocycles. The van der Waals surface area contributed by atoms with E-state index in [4.69, 9.17) is 10.7 Å². The third kappa shape index (κ3) is 1.66. The predicted molar refractivity (Wildman–Crippen MR) is 36.7 cm³/mol. The summed E-state index contributed by atoms with van der Waals surface area (Å²) in [5, 5.41) is 0. The van der Waals surface area contributed by atoms with E-state index < -0.39 is 0 Å². The second-order valence-corrected chi connectivity index (χ2v) is 2.85. The van der Waals surface area contributed by atoms with E-state index in [0.717, 1.165) is 12.3 Å². The molecule has 0 heterocycles. The summed E-state index contributed by atoms with van der Waals surface area (Å²) in [5.41, 5.74) is 0. The van der Waals surface area contributed by atoms with Crippen LogP contribution in [-0.4, -0.2) is 6.10 Å². The van der Waals surface area contributed by atoms with Gasteiger partial charge in [0.2, 0.25) is 0 Å². The van der Waals surface area contributed by atoms with Crippen molar-refractivity contribution in [1.82, 2.24) is 0 Å². The van der Waals surface area contributed by atoms with E-state index in [1.54, 1.807) is 0 Å². The minimum Gasteiger partial charge on any atom is -0.301 e. The van der Waals surface area contributed by atoms with Crippen molar-refractivity contribution in [2.75, 3.05) is 0 Å². The first-order chi connectivity index (χ1) is 4.36. The monoisotopic (exact) mass is 129 g/mol. The Morgan fingerprint density at radius 2 is 2.33 bits per heavy atom. The molecule has 0 saturated heterocycles. The van der Waals surface area contributed by atoms with Gasteiger partial charge in [-0.15, -0.1) is 0 Å². The van der Waals surface area contributed by atoms with Gasteiger partial charge in [-0.25, -0.2) is 5.90 Å². The second kappa shape index (κ2) is 3.18. The van der Waals surface area contributed by atoms with Gasteiger partial charge >= 0.3 is 0 Å². The van der Waals surface area contributed by atoms with Crippen molar-refractivity contribution in [2.45, 2.75) is 38.7 Å². The number of hydrogen-bond acceptors (Lipinski definition) is 2. The minimum atomic E-state index is 0.356. The summed E-state index contributed by atoms with van der Waals surface area (Å²) in [4.78, 5) is 4.74. The summed E-state index contributed by atoms with van der Waals surface area (Å²) in [5.74, 6) is 5.92. The van der Waals surface area contributed by atoms with Crippen LogP contribution in [0.5, 0.6) is 0 Å². The van der Waals surface area contributed by atoms with Gasteiger partial charge in [0, 0.05) is 0 Å². The molecule has 0 aromatic carbocycles. The molecule has 0 unspecified atom stereocenters. The molecular weight excluding hydrogens is 114 g/mol. The molecule has 0 radical (unpaired) electrons. The molecule has 0 aromatic heterocycles. The Labute approximate surface area is 56.3 Å². The van der Waals surface area contributed by atoms with E-state index in [1.807, 2.05) is 0 Å². The molecule has 1 rings (SSSR count). The largest absolute Gasteiger partial charge is 0.301 e. The van der Waals surface area contributed by atoms with Crippen molar-refractivity contribution in [3.05, 3.63) is 0 Å². The van der Waals surface area contributed by atoms with Crippen LogP contribution in [0.2, 0.25) is 0 Å². The highest BCUT2D eigenvalue weighted by Crippen LogP contribution is 2.28. The lowest BCUT2D eigenvalue weighted by molar-refractivity contribution is 0.0557. The molecule has 0 aromatic rings. The fourth-order valence-corrected chi connectivity index (χ4v) is 1.52. The lowest BCUT2D eigenvalue weighted by Crippen LogP contribution is -2.13. The third-order valence-corrected chi connectivity index (χ3v) is 2.26. The Bertz CT molecular complexity index is 75.0. The van der Waals surface area contributed by atoms with Crippen LogP contribution >= 0.6 is 0 Å². The molecule has 2 nitrogen and oxygen atoms in total. The van der Waals surface area contributed by atoms with Gasteiger partial charge in [0.15, 0.2) is 0 Å². The molecule has 54 valence electrons. The predicted octanol–water partition coefficient (Wildman–Crippen LogP) is 1.46. The Kier molecular flexibility index (Phi) is 2.49. The Balaban J connectivity index is 2.20. The van der Waals surface area contributed by atoms with Crippen molar-refractivity contribution >= 4 is 0 Å². The van der Waals surface area contributed by atoms with Gasteiger partial charge in [-0.3, -0.25) is 0 Å². The smallest absolute Gasteiger partial charge is 0.0790 e. The fraction of sp³-hybridized carbons (Fsp3) is 1.00. The SMILES string of the molecule is CC[C@H]1CC[C@@H](ON)C1. The maximum Gasteiger partial charge on any atom is 0.0790 e. The van der Waals surface area contributed by atoms with E-state index in [1.165, 1.54) is 19.3 Å². The Morgan fingerprint density at radius 3 is 2.67 bits per heavy atom. The summed E-state index contributed by atoms with van der Waals surface area (Å²) in [6.45, 7) is 2.23. The zero-order valence-corrected chi connectivity index (χ0v) is 5.97. The quantitative estimate of drug-likeness (QED) is 0.573. The first kappa shape index (κ1) is 7.03. The van der Waals surface area contributed by atoms with Crippen LogP contribution in [0, 0.1) is 5.92 Å². The van der Waals surface area contributed by atoms with Gasteiger partial charge in [-0.05, 0) is 25.2 Å². The standard InChI is InChI=1S/C7H15NO/c1-2-6-3-4-7(5-6)9-8/h6-7H,2-5,8H2,1H3/t6-,7+/m0/s1.